The van der Waals surface area contributed by atoms with Gasteiger partial charge in [0.1, 0.15) is 46.3 Å². The van der Waals surface area contributed by atoms with Gasteiger partial charge in [-0.25, -0.2) is 0 Å². The van der Waals surface area contributed by atoms with Gasteiger partial charge in [-0.05, 0) is 78.1 Å². The van der Waals surface area contributed by atoms with E-state index in [1.54, 1.807) is 0 Å². The Kier molecular flexibility index (Phi) is 17.2. The molecule has 0 heterocycles. The molecule has 0 saturated heterocycles. The summed E-state index contributed by atoms with van der Waals surface area (Å²) in [5.74, 6) is -1.51. The van der Waals surface area contributed by atoms with Gasteiger partial charge in [0.05, 0.1) is 25.7 Å². The van der Waals surface area contributed by atoms with E-state index in [0.717, 1.165) is 0 Å². The van der Waals surface area contributed by atoms with Crippen molar-refractivity contribution in [3.05, 3.63) is 6.42 Å². The number of rotatable bonds is 24. The van der Waals surface area contributed by atoms with Crippen molar-refractivity contribution >= 4 is 62.2 Å². The second-order valence-corrected chi connectivity index (χ2v) is 13.0. The van der Waals surface area contributed by atoms with Crippen LogP contribution in [0.4, 0.5) is 0 Å². The summed E-state index contributed by atoms with van der Waals surface area (Å²) in [5.41, 5.74) is -0.443. The molecule has 0 rings (SSSR count). The predicted molar refractivity (Wildman–Crippen MR) is 151 cm³/mol. The second-order valence-electron chi connectivity index (χ2n) is 11.3. The molecule has 0 aliphatic rings. The maximum Gasteiger partial charge on any atom is 0.140 e. The molecule has 8 nitrogen and oxygen atoms in total. The first-order chi connectivity index (χ1) is 17.9. The van der Waals surface area contributed by atoms with E-state index in [0.29, 0.717) is 38.5 Å². The molecule has 0 aromatic carbocycles. The molecule has 0 aromatic heterocycles. The average Bonchev–Trinajstić information content (AvgIpc) is 2.77. The lowest BCUT2D eigenvalue weighted by atomic mass is 9.74. The molecule has 39 heavy (non-hydrogen) atoms. The molecule has 0 N–H and O–H groups in total. The van der Waals surface area contributed by atoms with Crippen LogP contribution < -0.4 is 0 Å². The van der Waals surface area contributed by atoms with Crippen LogP contribution in [0.15, 0.2) is 0 Å². The molecule has 0 bridgehead atoms. The number of carbonyl (C=O) groups is 8. The SMILES string of the molecule is CC(=O)CC(=O)CCC(C)(C[CH]CC(Br)(CCC(=O)CC(C)=O)CCC(=O)CC(C)=O)CCC(=O)CC(C)=O. The number of hydrogen-bond donors (Lipinski definition) is 0. The van der Waals surface area contributed by atoms with Gasteiger partial charge in [0.25, 0.3) is 0 Å². The Morgan fingerprint density at radius 2 is 0.795 bits per heavy atom. The molecule has 9 heteroatoms. The van der Waals surface area contributed by atoms with Gasteiger partial charge < -0.3 is 0 Å². The van der Waals surface area contributed by atoms with E-state index < -0.39 is 9.74 Å². The molecule has 1 radical (unpaired) electrons. The van der Waals surface area contributed by atoms with Gasteiger partial charge in [0.15, 0.2) is 0 Å². The van der Waals surface area contributed by atoms with Crippen molar-refractivity contribution in [3.8, 4) is 0 Å². The van der Waals surface area contributed by atoms with E-state index >= 15 is 0 Å². The number of hydrogen-bond acceptors (Lipinski definition) is 8. The quantitative estimate of drug-likeness (QED) is 0.104. The van der Waals surface area contributed by atoms with Crippen LogP contribution in [0.25, 0.3) is 0 Å². The molecule has 0 aliphatic heterocycles. The third-order valence-corrected chi connectivity index (χ3v) is 7.77. The third-order valence-electron chi connectivity index (χ3n) is 6.65. The first-order valence-electron chi connectivity index (χ1n) is 13.5. The number of Topliss-reactive ketones (excluding diaryl/α,β-unsaturated/α-hetero) is 8. The molecule has 219 valence electrons. The zero-order chi connectivity index (χ0) is 30.2. The van der Waals surface area contributed by atoms with Crippen molar-refractivity contribution in [2.75, 3.05) is 0 Å². The van der Waals surface area contributed by atoms with E-state index in [9.17, 15) is 38.4 Å². The van der Waals surface area contributed by atoms with Gasteiger partial charge in [-0.1, -0.05) is 22.9 Å². The fourth-order valence-corrected chi connectivity index (χ4v) is 5.04. The zero-order valence-corrected chi connectivity index (χ0v) is 25.7. The summed E-state index contributed by atoms with van der Waals surface area (Å²) >= 11 is 3.73. The maximum absolute atomic E-state index is 12.2. The number of carbonyl (C=O) groups excluding carboxylic acids is 8. The van der Waals surface area contributed by atoms with Crippen molar-refractivity contribution in [1.82, 2.24) is 0 Å². The zero-order valence-electron chi connectivity index (χ0n) is 24.1. The number of alkyl halides is 1. The van der Waals surface area contributed by atoms with Crippen LogP contribution in [0.1, 0.15) is 125 Å². The van der Waals surface area contributed by atoms with Crippen molar-refractivity contribution in [2.45, 2.75) is 129 Å². The summed E-state index contributed by atoms with van der Waals surface area (Å²) in [7, 11) is 0. The minimum Gasteiger partial charge on any atom is -0.300 e. The minimum absolute atomic E-state index is 0.129. The third kappa shape index (κ3) is 19.5. The van der Waals surface area contributed by atoms with Crippen molar-refractivity contribution in [1.29, 1.82) is 0 Å². The van der Waals surface area contributed by atoms with Crippen molar-refractivity contribution < 1.29 is 38.4 Å². The molecule has 0 spiro atoms. The molecule has 0 atom stereocenters. The Balaban J connectivity index is 5.46. The van der Waals surface area contributed by atoms with Crippen LogP contribution in [0.2, 0.25) is 0 Å². The van der Waals surface area contributed by atoms with Gasteiger partial charge in [0, 0.05) is 30.0 Å². The summed E-state index contributed by atoms with van der Waals surface area (Å²) in [4.78, 5) is 94.1. The number of ketones is 8. The van der Waals surface area contributed by atoms with Gasteiger partial charge >= 0.3 is 0 Å². The summed E-state index contributed by atoms with van der Waals surface area (Å²) in [6.45, 7) is 7.41. The highest BCUT2D eigenvalue weighted by atomic mass is 79.9. The Morgan fingerprint density at radius 3 is 1.08 bits per heavy atom. The summed E-state index contributed by atoms with van der Waals surface area (Å²) in [5, 5.41) is 0. The maximum atomic E-state index is 12.2. The van der Waals surface area contributed by atoms with Crippen LogP contribution in [0.5, 0.6) is 0 Å². The minimum atomic E-state index is -0.609. The highest BCUT2D eigenvalue weighted by molar-refractivity contribution is 9.10. The van der Waals surface area contributed by atoms with Crippen LogP contribution in [0, 0.1) is 11.8 Å². The van der Waals surface area contributed by atoms with Gasteiger partial charge in [-0.15, -0.1) is 0 Å². The topological polar surface area (TPSA) is 137 Å². The van der Waals surface area contributed by atoms with E-state index in [1.165, 1.54) is 27.7 Å². The summed E-state index contributed by atoms with van der Waals surface area (Å²) in [6.07, 6.45) is 4.93. The van der Waals surface area contributed by atoms with E-state index in [2.05, 4.69) is 15.9 Å². The molecule has 0 unspecified atom stereocenters. The molecule has 0 saturated carbocycles. The van der Waals surface area contributed by atoms with Crippen molar-refractivity contribution in [2.24, 2.45) is 5.41 Å². The average molecular weight is 613 g/mol. The largest absolute Gasteiger partial charge is 0.300 e. The van der Waals surface area contributed by atoms with Gasteiger partial charge in [0.2, 0.25) is 0 Å². The lowest BCUT2D eigenvalue weighted by Crippen LogP contribution is -2.26. The highest BCUT2D eigenvalue weighted by Crippen LogP contribution is 2.40. The van der Waals surface area contributed by atoms with Crippen LogP contribution in [-0.2, 0) is 38.4 Å². The van der Waals surface area contributed by atoms with Crippen LogP contribution >= 0.6 is 15.9 Å². The fraction of sp³-hybridized carbons (Fsp3) is 0.700. The molecule has 0 aliphatic carbocycles. The fourth-order valence-electron chi connectivity index (χ4n) is 4.41. The standard InChI is InChI=1S/C30H44BrO8/c1-21(32)17-25(36)7-13-29(5,14-8-26(37)18-22(2)33)11-6-12-30(31,15-9-27(38)19-23(3)34)16-10-28(39)20-24(4)35/h6H,7-20H2,1-5H3. The summed E-state index contributed by atoms with van der Waals surface area (Å²) in [6, 6.07) is 0. The summed E-state index contributed by atoms with van der Waals surface area (Å²) < 4.78 is -0.609. The van der Waals surface area contributed by atoms with E-state index in [-0.39, 0.29) is 97.6 Å². The number of halogens is 1. The lowest BCUT2D eigenvalue weighted by molar-refractivity contribution is -0.128. The molecular weight excluding hydrogens is 568 g/mol. The van der Waals surface area contributed by atoms with Crippen molar-refractivity contribution in [3.63, 3.8) is 0 Å². The molecule has 0 fully saturated rings. The van der Waals surface area contributed by atoms with Gasteiger partial charge in [-0.3, -0.25) is 38.4 Å². The predicted octanol–water partition coefficient (Wildman–Crippen LogP) is 5.42. The normalized spacial score (nSPS) is 11.6. The second kappa shape index (κ2) is 18.2. The first-order valence-corrected chi connectivity index (χ1v) is 14.3. The molecule has 0 amide bonds. The highest BCUT2D eigenvalue weighted by Gasteiger charge is 2.31. The molecule has 0 aromatic rings. The van der Waals surface area contributed by atoms with Crippen LogP contribution in [0.3, 0.4) is 0 Å². The Bertz CT molecular complexity index is 795. The first kappa shape index (κ1) is 36.8. The van der Waals surface area contributed by atoms with E-state index in [4.69, 9.17) is 0 Å². The Morgan fingerprint density at radius 1 is 0.513 bits per heavy atom. The Labute approximate surface area is 240 Å². The van der Waals surface area contributed by atoms with Gasteiger partial charge in [-0.2, -0.15) is 0 Å². The monoisotopic (exact) mass is 611 g/mol. The Hall–Kier alpha value is -2.16. The van der Waals surface area contributed by atoms with E-state index in [1.807, 2.05) is 13.3 Å². The lowest BCUT2D eigenvalue weighted by Gasteiger charge is -2.32. The smallest absolute Gasteiger partial charge is 0.140 e. The van der Waals surface area contributed by atoms with Crippen LogP contribution in [-0.4, -0.2) is 50.6 Å². The molecular formula is C30H44BrO8.